The molecule has 2 aromatic rings. The fourth-order valence-electron chi connectivity index (χ4n) is 2.60. The van der Waals surface area contributed by atoms with Gasteiger partial charge in [0.25, 0.3) is 0 Å². The Morgan fingerprint density at radius 3 is 2.80 bits per heavy atom. The number of hydrogen-bond acceptors (Lipinski definition) is 4. The highest BCUT2D eigenvalue weighted by molar-refractivity contribution is 5.87. The largest absolute Gasteiger partial charge is 0.438 e. The van der Waals surface area contributed by atoms with E-state index in [2.05, 4.69) is 29.0 Å². The molecule has 1 aromatic carbocycles. The van der Waals surface area contributed by atoms with Gasteiger partial charge in [0.15, 0.2) is 11.5 Å². The molecule has 108 valence electrons. The molecule has 0 amide bonds. The third kappa shape index (κ3) is 2.63. The van der Waals surface area contributed by atoms with Crippen LogP contribution in [0.1, 0.15) is 19.7 Å². The number of nitrogens with zero attached hydrogens (tertiary/aromatic N) is 2. The number of halogens is 1. The molecule has 20 heavy (non-hydrogen) atoms. The molecule has 0 bridgehead atoms. The Morgan fingerprint density at radius 2 is 2.10 bits per heavy atom. The lowest BCUT2D eigenvalue weighted by Crippen LogP contribution is -2.43. The van der Waals surface area contributed by atoms with E-state index < -0.39 is 0 Å². The zero-order valence-corrected chi connectivity index (χ0v) is 11.9. The van der Waals surface area contributed by atoms with Crippen molar-refractivity contribution in [3.05, 3.63) is 23.8 Å². The first kappa shape index (κ1) is 13.4. The number of nitrogens with one attached hydrogen (secondary N) is 1. The van der Waals surface area contributed by atoms with Gasteiger partial charge in [-0.3, -0.25) is 0 Å². The first-order chi connectivity index (χ1) is 9.63. The van der Waals surface area contributed by atoms with Crippen LogP contribution in [-0.2, 0) is 6.42 Å². The topological polar surface area (TPSA) is 41.3 Å². The normalized spacial score (nSPS) is 16.3. The monoisotopic (exact) mass is 277 g/mol. The van der Waals surface area contributed by atoms with E-state index in [1.807, 2.05) is 0 Å². The number of hydrogen-bond donors (Lipinski definition) is 1. The summed E-state index contributed by atoms with van der Waals surface area (Å²) < 4.78 is 19.7. The van der Waals surface area contributed by atoms with Gasteiger partial charge in [0.2, 0.25) is 0 Å². The van der Waals surface area contributed by atoms with Crippen LogP contribution in [0.25, 0.3) is 11.1 Å². The van der Waals surface area contributed by atoms with Gasteiger partial charge in [-0.05, 0) is 5.92 Å². The highest BCUT2D eigenvalue weighted by Crippen LogP contribution is 2.30. The summed E-state index contributed by atoms with van der Waals surface area (Å²) in [5.74, 6) is 0.906. The van der Waals surface area contributed by atoms with Crippen LogP contribution in [0, 0.1) is 11.7 Å². The van der Waals surface area contributed by atoms with E-state index in [0.29, 0.717) is 22.9 Å². The third-order valence-corrected chi connectivity index (χ3v) is 3.52. The summed E-state index contributed by atoms with van der Waals surface area (Å²) >= 11 is 0. The highest BCUT2D eigenvalue weighted by Gasteiger charge is 2.19. The Morgan fingerprint density at radius 1 is 1.35 bits per heavy atom. The van der Waals surface area contributed by atoms with Crippen LogP contribution >= 0.6 is 0 Å². The van der Waals surface area contributed by atoms with E-state index >= 15 is 0 Å². The average Bonchev–Trinajstić information content (AvgIpc) is 2.79. The minimum atomic E-state index is -0.254. The number of aromatic nitrogens is 1. The van der Waals surface area contributed by atoms with Crippen LogP contribution in [0.3, 0.4) is 0 Å². The number of rotatable bonds is 3. The molecule has 1 N–H and O–H groups in total. The molecule has 2 heterocycles. The predicted octanol–water partition coefficient (Wildman–Crippen LogP) is 2.58. The number of piperazine rings is 1. The minimum Gasteiger partial charge on any atom is -0.438 e. The average molecular weight is 277 g/mol. The summed E-state index contributed by atoms with van der Waals surface area (Å²) in [6.07, 6.45) is 0.775. The van der Waals surface area contributed by atoms with Crippen molar-refractivity contribution < 1.29 is 8.81 Å². The maximum absolute atomic E-state index is 13.8. The van der Waals surface area contributed by atoms with Crippen molar-refractivity contribution in [2.45, 2.75) is 20.3 Å². The summed E-state index contributed by atoms with van der Waals surface area (Å²) in [5.41, 5.74) is 2.15. The molecular formula is C15H20FN3O. The fraction of sp³-hybridized carbons (Fsp3) is 0.533. The molecule has 0 unspecified atom stereocenters. The van der Waals surface area contributed by atoms with Crippen molar-refractivity contribution in [2.24, 2.45) is 5.92 Å². The van der Waals surface area contributed by atoms with E-state index in [4.69, 9.17) is 4.42 Å². The maximum atomic E-state index is 13.8. The Balaban J connectivity index is 2.03. The van der Waals surface area contributed by atoms with Gasteiger partial charge in [0, 0.05) is 44.7 Å². The Labute approximate surface area is 118 Å². The van der Waals surface area contributed by atoms with Gasteiger partial charge in [-0.25, -0.2) is 9.37 Å². The Bertz CT molecular complexity index is 602. The number of anilines is 1. The van der Waals surface area contributed by atoms with Crippen LogP contribution in [0.2, 0.25) is 0 Å². The number of oxazole rings is 1. The fourth-order valence-corrected chi connectivity index (χ4v) is 2.60. The lowest BCUT2D eigenvalue weighted by atomic mass is 10.1. The number of benzene rings is 1. The van der Waals surface area contributed by atoms with E-state index in [-0.39, 0.29) is 5.82 Å². The Hall–Kier alpha value is -1.62. The summed E-state index contributed by atoms with van der Waals surface area (Å²) in [6, 6.07) is 3.01. The van der Waals surface area contributed by atoms with Gasteiger partial charge >= 0.3 is 0 Å². The second-order valence-corrected chi connectivity index (χ2v) is 5.72. The maximum Gasteiger partial charge on any atom is 0.195 e. The summed E-state index contributed by atoms with van der Waals surface area (Å²) in [6.45, 7) is 7.77. The van der Waals surface area contributed by atoms with Crippen molar-refractivity contribution in [1.82, 2.24) is 10.3 Å². The molecule has 1 aromatic heterocycles. The highest BCUT2D eigenvalue weighted by atomic mass is 19.1. The standard InChI is InChI=1S/C15H20FN3O/c1-10(2)7-14-18-12-8-11(16)9-13(15(12)20-14)19-5-3-17-4-6-19/h8-10,17H,3-7H2,1-2H3. The predicted molar refractivity (Wildman–Crippen MR) is 77.6 cm³/mol. The molecule has 0 atom stereocenters. The van der Waals surface area contributed by atoms with Crippen molar-refractivity contribution in [3.8, 4) is 0 Å². The molecule has 1 fully saturated rings. The van der Waals surface area contributed by atoms with Crippen LogP contribution in [-0.4, -0.2) is 31.2 Å². The first-order valence-corrected chi connectivity index (χ1v) is 7.18. The van der Waals surface area contributed by atoms with Crippen molar-refractivity contribution in [3.63, 3.8) is 0 Å². The van der Waals surface area contributed by atoms with Crippen LogP contribution in [0.4, 0.5) is 10.1 Å². The van der Waals surface area contributed by atoms with E-state index in [9.17, 15) is 4.39 Å². The van der Waals surface area contributed by atoms with Crippen LogP contribution in [0.15, 0.2) is 16.5 Å². The van der Waals surface area contributed by atoms with Gasteiger partial charge in [0.05, 0.1) is 5.69 Å². The molecule has 5 heteroatoms. The quantitative estimate of drug-likeness (QED) is 0.936. The molecule has 1 aliphatic heterocycles. The molecule has 0 aliphatic carbocycles. The molecule has 3 rings (SSSR count). The molecule has 1 aliphatic rings. The molecule has 4 nitrogen and oxygen atoms in total. The second-order valence-electron chi connectivity index (χ2n) is 5.72. The molecule has 0 radical (unpaired) electrons. The zero-order valence-electron chi connectivity index (χ0n) is 11.9. The van der Waals surface area contributed by atoms with Crippen molar-refractivity contribution >= 4 is 16.8 Å². The third-order valence-electron chi connectivity index (χ3n) is 3.52. The molecular weight excluding hydrogens is 257 g/mol. The van der Waals surface area contributed by atoms with Crippen molar-refractivity contribution in [2.75, 3.05) is 31.1 Å². The van der Waals surface area contributed by atoms with Gasteiger partial charge in [-0.2, -0.15) is 0 Å². The summed E-state index contributed by atoms with van der Waals surface area (Å²) in [5, 5.41) is 3.30. The lowest BCUT2D eigenvalue weighted by molar-refractivity contribution is 0.481. The molecule has 1 saturated heterocycles. The first-order valence-electron chi connectivity index (χ1n) is 7.18. The Kier molecular flexibility index (Phi) is 3.61. The smallest absolute Gasteiger partial charge is 0.195 e. The summed E-state index contributed by atoms with van der Waals surface area (Å²) in [7, 11) is 0. The van der Waals surface area contributed by atoms with Gasteiger partial charge in [-0.1, -0.05) is 13.8 Å². The van der Waals surface area contributed by atoms with Gasteiger partial charge in [-0.15, -0.1) is 0 Å². The minimum absolute atomic E-state index is 0.254. The van der Waals surface area contributed by atoms with E-state index in [1.165, 1.54) is 6.07 Å². The van der Waals surface area contributed by atoms with Gasteiger partial charge < -0.3 is 14.6 Å². The van der Waals surface area contributed by atoms with Crippen LogP contribution < -0.4 is 10.2 Å². The molecule has 0 saturated carbocycles. The zero-order chi connectivity index (χ0) is 14.1. The SMILES string of the molecule is CC(C)Cc1nc2cc(F)cc(N3CCNCC3)c2o1. The van der Waals surface area contributed by atoms with Crippen molar-refractivity contribution in [1.29, 1.82) is 0 Å². The van der Waals surface area contributed by atoms with Gasteiger partial charge in [0.1, 0.15) is 11.3 Å². The molecule has 0 spiro atoms. The van der Waals surface area contributed by atoms with E-state index in [1.54, 1.807) is 6.07 Å². The number of fused-ring (bicyclic) bond motifs is 1. The van der Waals surface area contributed by atoms with E-state index in [0.717, 1.165) is 38.3 Å². The summed E-state index contributed by atoms with van der Waals surface area (Å²) in [4.78, 5) is 6.58. The second kappa shape index (κ2) is 5.40. The van der Waals surface area contributed by atoms with Crippen LogP contribution in [0.5, 0.6) is 0 Å². The lowest BCUT2D eigenvalue weighted by Gasteiger charge is -2.29.